The molecule has 27 heavy (non-hydrogen) atoms. The molecular weight excluding hydrogens is 398 g/mol. The van der Waals surface area contributed by atoms with E-state index in [4.69, 9.17) is 23.8 Å². The number of thiocarbonyl (C=S) groups is 1. The number of benzene rings is 2. The Hall–Kier alpha value is -1.76. The number of nitrogens with zero attached hydrogens (tertiary/aromatic N) is 1. The standard InChI is InChI=1S/C20H22ClN3OS2/c21-16-5-3-15(4-6-16)14-27-13-11-22-20(26)23-17-7-9-18(10-8-17)24-12-1-2-19(24)25/h3-10H,1-2,11-14H2,(H2,22,23,26). The zero-order valence-corrected chi connectivity index (χ0v) is 17.3. The Balaban J connectivity index is 1.35. The largest absolute Gasteiger partial charge is 0.362 e. The average molecular weight is 420 g/mol. The summed E-state index contributed by atoms with van der Waals surface area (Å²) < 4.78 is 0. The van der Waals surface area contributed by atoms with Crippen molar-refractivity contribution in [1.29, 1.82) is 0 Å². The Morgan fingerprint density at radius 1 is 1.15 bits per heavy atom. The van der Waals surface area contributed by atoms with Gasteiger partial charge >= 0.3 is 0 Å². The number of carbonyl (C=O) groups excluding carboxylic acids is 1. The Kier molecular flexibility index (Phi) is 7.38. The quantitative estimate of drug-likeness (QED) is 0.503. The first kappa shape index (κ1) is 20.0. The molecule has 0 unspecified atom stereocenters. The van der Waals surface area contributed by atoms with E-state index in [-0.39, 0.29) is 5.91 Å². The first-order chi connectivity index (χ1) is 13.1. The number of thioether (sulfide) groups is 1. The zero-order valence-electron chi connectivity index (χ0n) is 14.9. The van der Waals surface area contributed by atoms with Crippen LogP contribution >= 0.6 is 35.6 Å². The highest BCUT2D eigenvalue weighted by molar-refractivity contribution is 7.98. The van der Waals surface area contributed by atoms with Crippen molar-refractivity contribution in [1.82, 2.24) is 5.32 Å². The maximum Gasteiger partial charge on any atom is 0.227 e. The summed E-state index contributed by atoms with van der Waals surface area (Å²) in [7, 11) is 0. The molecule has 1 heterocycles. The minimum Gasteiger partial charge on any atom is -0.362 e. The van der Waals surface area contributed by atoms with Gasteiger partial charge in [-0.05, 0) is 60.6 Å². The van der Waals surface area contributed by atoms with E-state index in [9.17, 15) is 4.79 Å². The highest BCUT2D eigenvalue weighted by Gasteiger charge is 2.21. The molecule has 2 aromatic carbocycles. The molecule has 7 heteroatoms. The molecule has 4 nitrogen and oxygen atoms in total. The Morgan fingerprint density at radius 2 is 1.89 bits per heavy atom. The van der Waals surface area contributed by atoms with Gasteiger partial charge in [0.2, 0.25) is 5.91 Å². The van der Waals surface area contributed by atoms with Gasteiger partial charge in [-0.15, -0.1) is 0 Å². The monoisotopic (exact) mass is 419 g/mol. The van der Waals surface area contributed by atoms with E-state index < -0.39 is 0 Å². The number of halogens is 1. The fourth-order valence-electron chi connectivity index (χ4n) is 2.83. The van der Waals surface area contributed by atoms with Crippen molar-refractivity contribution in [3.8, 4) is 0 Å². The molecule has 3 rings (SSSR count). The highest BCUT2D eigenvalue weighted by atomic mass is 35.5. The molecule has 0 aliphatic carbocycles. The van der Waals surface area contributed by atoms with Crippen LogP contribution in [0.2, 0.25) is 5.02 Å². The summed E-state index contributed by atoms with van der Waals surface area (Å²) >= 11 is 13.1. The lowest BCUT2D eigenvalue weighted by atomic mass is 10.2. The smallest absolute Gasteiger partial charge is 0.227 e. The van der Waals surface area contributed by atoms with E-state index in [1.165, 1.54) is 5.56 Å². The lowest BCUT2D eigenvalue weighted by Gasteiger charge is -2.16. The number of nitrogens with one attached hydrogen (secondary N) is 2. The Bertz CT molecular complexity index is 781. The second-order valence-electron chi connectivity index (χ2n) is 6.26. The van der Waals surface area contributed by atoms with E-state index in [2.05, 4.69) is 10.6 Å². The molecule has 1 aliphatic rings. The summed E-state index contributed by atoms with van der Waals surface area (Å²) in [5.41, 5.74) is 3.12. The molecule has 0 aromatic heterocycles. The van der Waals surface area contributed by atoms with E-state index in [1.54, 1.807) is 0 Å². The maximum absolute atomic E-state index is 11.8. The molecular formula is C20H22ClN3OS2. The lowest BCUT2D eigenvalue weighted by Crippen LogP contribution is -2.30. The summed E-state index contributed by atoms with van der Waals surface area (Å²) in [6.45, 7) is 1.60. The second kappa shape index (κ2) is 9.97. The van der Waals surface area contributed by atoms with Crippen molar-refractivity contribution in [2.75, 3.05) is 29.1 Å². The Morgan fingerprint density at radius 3 is 2.56 bits per heavy atom. The molecule has 0 bridgehead atoms. The summed E-state index contributed by atoms with van der Waals surface area (Å²) in [6.07, 6.45) is 1.58. The van der Waals surface area contributed by atoms with Gasteiger partial charge in [-0.1, -0.05) is 23.7 Å². The lowest BCUT2D eigenvalue weighted by molar-refractivity contribution is -0.117. The van der Waals surface area contributed by atoms with Crippen LogP contribution in [-0.2, 0) is 10.5 Å². The number of hydrogen-bond donors (Lipinski definition) is 2. The third kappa shape index (κ3) is 6.13. The van der Waals surface area contributed by atoms with Crippen molar-refractivity contribution in [3.63, 3.8) is 0 Å². The normalized spacial score (nSPS) is 13.7. The summed E-state index contributed by atoms with van der Waals surface area (Å²) in [4.78, 5) is 13.6. The zero-order chi connectivity index (χ0) is 19.1. The minimum absolute atomic E-state index is 0.198. The molecule has 0 atom stereocenters. The van der Waals surface area contributed by atoms with Crippen molar-refractivity contribution >= 4 is 58.0 Å². The van der Waals surface area contributed by atoms with Crippen LogP contribution in [0.25, 0.3) is 0 Å². The van der Waals surface area contributed by atoms with E-state index >= 15 is 0 Å². The van der Waals surface area contributed by atoms with Gasteiger partial charge in [0.1, 0.15) is 0 Å². The van der Waals surface area contributed by atoms with Crippen molar-refractivity contribution in [2.24, 2.45) is 0 Å². The van der Waals surface area contributed by atoms with Crippen molar-refractivity contribution in [3.05, 3.63) is 59.1 Å². The van der Waals surface area contributed by atoms with Crippen LogP contribution in [0.3, 0.4) is 0 Å². The predicted octanol–water partition coefficient (Wildman–Crippen LogP) is 4.69. The molecule has 1 fully saturated rings. The van der Waals surface area contributed by atoms with Crippen molar-refractivity contribution < 1.29 is 4.79 Å². The van der Waals surface area contributed by atoms with Crippen LogP contribution < -0.4 is 15.5 Å². The number of amides is 1. The summed E-state index contributed by atoms with van der Waals surface area (Å²) in [5.74, 6) is 2.11. The van der Waals surface area contributed by atoms with E-state index in [0.29, 0.717) is 11.5 Å². The van der Waals surface area contributed by atoms with Crippen LogP contribution in [0, 0.1) is 0 Å². The molecule has 1 saturated heterocycles. The topological polar surface area (TPSA) is 44.4 Å². The summed E-state index contributed by atoms with van der Waals surface area (Å²) in [6, 6.07) is 15.7. The molecule has 2 aromatic rings. The van der Waals surface area contributed by atoms with Gasteiger partial charge < -0.3 is 15.5 Å². The second-order valence-corrected chi connectivity index (χ2v) is 8.21. The van der Waals surface area contributed by atoms with Crippen LogP contribution in [0.5, 0.6) is 0 Å². The minimum atomic E-state index is 0.198. The fourth-order valence-corrected chi connectivity index (χ4v) is 3.99. The van der Waals surface area contributed by atoms with Gasteiger partial charge in [0, 0.05) is 47.4 Å². The Labute approximate surface area is 174 Å². The summed E-state index contributed by atoms with van der Waals surface area (Å²) in [5, 5.41) is 7.77. The van der Waals surface area contributed by atoms with Crippen LogP contribution in [-0.4, -0.2) is 29.9 Å². The van der Waals surface area contributed by atoms with Gasteiger partial charge in [0.25, 0.3) is 0 Å². The average Bonchev–Trinajstić information content (AvgIpc) is 3.09. The van der Waals surface area contributed by atoms with Crippen molar-refractivity contribution in [2.45, 2.75) is 18.6 Å². The first-order valence-electron chi connectivity index (χ1n) is 8.89. The molecule has 0 spiro atoms. The third-order valence-electron chi connectivity index (χ3n) is 4.22. The first-order valence-corrected chi connectivity index (χ1v) is 10.8. The van der Waals surface area contributed by atoms with Crippen LogP contribution in [0.4, 0.5) is 11.4 Å². The SMILES string of the molecule is O=C1CCCN1c1ccc(NC(=S)NCCSCc2ccc(Cl)cc2)cc1. The highest BCUT2D eigenvalue weighted by Crippen LogP contribution is 2.23. The van der Waals surface area contributed by atoms with Gasteiger partial charge in [-0.2, -0.15) is 11.8 Å². The number of rotatable bonds is 7. The van der Waals surface area contributed by atoms with Gasteiger partial charge in [-0.25, -0.2) is 0 Å². The van der Waals surface area contributed by atoms with Crippen LogP contribution in [0.15, 0.2) is 48.5 Å². The molecule has 1 aliphatic heterocycles. The maximum atomic E-state index is 11.8. The predicted molar refractivity (Wildman–Crippen MR) is 120 cm³/mol. The number of carbonyl (C=O) groups is 1. The van der Waals surface area contributed by atoms with Gasteiger partial charge in [-0.3, -0.25) is 4.79 Å². The molecule has 0 saturated carbocycles. The molecule has 2 N–H and O–H groups in total. The van der Waals surface area contributed by atoms with Crippen LogP contribution in [0.1, 0.15) is 18.4 Å². The number of anilines is 2. The third-order valence-corrected chi connectivity index (χ3v) is 5.75. The van der Waals surface area contributed by atoms with E-state index in [1.807, 2.05) is 65.2 Å². The molecule has 1 amide bonds. The van der Waals surface area contributed by atoms with E-state index in [0.717, 1.165) is 47.4 Å². The van der Waals surface area contributed by atoms with Gasteiger partial charge in [0.15, 0.2) is 5.11 Å². The fraction of sp³-hybridized carbons (Fsp3) is 0.300. The van der Waals surface area contributed by atoms with Gasteiger partial charge in [0.05, 0.1) is 0 Å². The molecule has 142 valence electrons. The number of hydrogen-bond acceptors (Lipinski definition) is 3. The molecule has 0 radical (unpaired) electrons.